The Hall–Kier alpha value is -2.12. The summed E-state index contributed by atoms with van der Waals surface area (Å²) in [5.74, 6) is -1.99. The maximum absolute atomic E-state index is 11.0. The molecule has 0 bridgehead atoms. The lowest BCUT2D eigenvalue weighted by Gasteiger charge is -2.06. The van der Waals surface area contributed by atoms with Gasteiger partial charge in [-0.05, 0) is 0 Å². The van der Waals surface area contributed by atoms with E-state index in [1.165, 1.54) is 6.92 Å². The first-order valence-corrected chi connectivity index (χ1v) is 4.95. The van der Waals surface area contributed by atoms with Crippen LogP contribution in [0, 0.1) is 0 Å². The number of carbonyl (C=O) groups is 4. The van der Waals surface area contributed by atoms with Crippen molar-refractivity contribution in [3.05, 3.63) is 0 Å². The number of urea groups is 1. The number of nitrogens with one attached hydrogen (secondary N) is 3. The van der Waals surface area contributed by atoms with Gasteiger partial charge in [0.05, 0.1) is 6.42 Å². The summed E-state index contributed by atoms with van der Waals surface area (Å²) < 4.78 is 0. The Labute approximate surface area is 97.7 Å². The maximum atomic E-state index is 11.0. The number of hydrogen-bond acceptors (Lipinski definition) is 4. The average Bonchev–Trinajstić information content (AvgIpc) is 2.21. The van der Waals surface area contributed by atoms with Crippen molar-refractivity contribution in [2.75, 3.05) is 13.1 Å². The van der Waals surface area contributed by atoms with Crippen LogP contribution in [0.2, 0.25) is 0 Å². The molecule has 0 spiro atoms. The SMILES string of the molecule is CC(=O)NCCNC(=O)NC(=O)CCC(=O)O. The zero-order valence-electron chi connectivity index (χ0n) is 9.41. The normalized spacial score (nSPS) is 9.24. The largest absolute Gasteiger partial charge is 0.481 e. The molecule has 96 valence electrons. The predicted molar refractivity (Wildman–Crippen MR) is 57.1 cm³/mol. The third-order valence-electron chi connectivity index (χ3n) is 1.60. The van der Waals surface area contributed by atoms with Crippen LogP contribution in [0.5, 0.6) is 0 Å². The maximum Gasteiger partial charge on any atom is 0.321 e. The highest BCUT2D eigenvalue weighted by molar-refractivity contribution is 5.95. The van der Waals surface area contributed by atoms with Crippen LogP contribution in [-0.2, 0) is 14.4 Å². The highest BCUT2D eigenvalue weighted by Crippen LogP contribution is 1.87. The molecule has 0 aliphatic carbocycles. The molecule has 0 fully saturated rings. The summed E-state index contributed by atoms with van der Waals surface area (Å²) in [5, 5.41) is 15.0. The first kappa shape index (κ1) is 14.9. The number of hydrogen-bond donors (Lipinski definition) is 4. The summed E-state index contributed by atoms with van der Waals surface area (Å²) in [5.41, 5.74) is 0. The van der Waals surface area contributed by atoms with Crippen molar-refractivity contribution in [1.29, 1.82) is 0 Å². The van der Waals surface area contributed by atoms with Crippen molar-refractivity contribution < 1.29 is 24.3 Å². The summed E-state index contributed by atoms with van der Waals surface area (Å²) in [6, 6.07) is -0.717. The quantitative estimate of drug-likeness (QED) is 0.438. The zero-order chi connectivity index (χ0) is 13.3. The van der Waals surface area contributed by atoms with Crippen LogP contribution in [0.1, 0.15) is 19.8 Å². The van der Waals surface area contributed by atoms with Crippen LogP contribution in [0.3, 0.4) is 0 Å². The third-order valence-corrected chi connectivity index (χ3v) is 1.60. The molecule has 8 nitrogen and oxygen atoms in total. The molecular formula is C9H15N3O5. The number of rotatable bonds is 6. The molecular weight excluding hydrogens is 230 g/mol. The van der Waals surface area contributed by atoms with Gasteiger partial charge in [-0.15, -0.1) is 0 Å². The predicted octanol–water partition coefficient (Wildman–Crippen LogP) is -1.19. The Bertz CT molecular complexity index is 316. The van der Waals surface area contributed by atoms with Crippen molar-refractivity contribution in [2.24, 2.45) is 0 Å². The van der Waals surface area contributed by atoms with Crippen molar-refractivity contribution in [3.63, 3.8) is 0 Å². The smallest absolute Gasteiger partial charge is 0.321 e. The first-order valence-electron chi connectivity index (χ1n) is 4.95. The second kappa shape index (κ2) is 8.08. The third kappa shape index (κ3) is 10.2. The molecule has 0 rings (SSSR count). The van der Waals surface area contributed by atoms with E-state index in [-0.39, 0.29) is 31.8 Å². The van der Waals surface area contributed by atoms with Gasteiger partial charge in [0.1, 0.15) is 0 Å². The minimum atomic E-state index is -1.11. The van der Waals surface area contributed by atoms with E-state index in [2.05, 4.69) is 10.6 Å². The van der Waals surface area contributed by atoms with Crippen molar-refractivity contribution in [1.82, 2.24) is 16.0 Å². The fraction of sp³-hybridized carbons (Fsp3) is 0.556. The van der Waals surface area contributed by atoms with E-state index in [4.69, 9.17) is 5.11 Å². The van der Waals surface area contributed by atoms with Crippen LogP contribution < -0.4 is 16.0 Å². The molecule has 0 radical (unpaired) electrons. The van der Waals surface area contributed by atoms with Gasteiger partial charge >= 0.3 is 12.0 Å². The Morgan fingerprint density at radius 2 is 1.59 bits per heavy atom. The lowest BCUT2D eigenvalue weighted by molar-refractivity contribution is -0.138. The lowest BCUT2D eigenvalue weighted by Crippen LogP contribution is -2.42. The number of aliphatic carboxylic acids is 1. The number of carboxylic acid groups (broad SMARTS) is 1. The average molecular weight is 245 g/mol. The standard InChI is InChI=1S/C9H15N3O5/c1-6(13)10-4-5-11-9(17)12-7(14)2-3-8(15)16/h2-5H2,1H3,(H,10,13)(H,15,16)(H2,11,12,14,17). The summed E-state index contributed by atoms with van der Waals surface area (Å²) >= 11 is 0. The van der Waals surface area contributed by atoms with E-state index in [1.54, 1.807) is 0 Å². The van der Waals surface area contributed by atoms with Crippen molar-refractivity contribution in [3.8, 4) is 0 Å². The highest BCUT2D eigenvalue weighted by Gasteiger charge is 2.08. The van der Waals surface area contributed by atoms with Gasteiger partial charge in [0.15, 0.2) is 0 Å². The van der Waals surface area contributed by atoms with Crippen LogP contribution >= 0.6 is 0 Å². The van der Waals surface area contributed by atoms with E-state index in [0.717, 1.165) is 0 Å². The number of imide groups is 1. The molecule has 0 saturated heterocycles. The van der Waals surface area contributed by atoms with Crippen LogP contribution in [0.15, 0.2) is 0 Å². The summed E-state index contributed by atoms with van der Waals surface area (Å²) in [6.45, 7) is 1.78. The molecule has 0 aromatic carbocycles. The number of amides is 4. The summed E-state index contributed by atoms with van der Waals surface area (Å²) in [7, 11) is 0. The first-order chi connectivity index (χ1) is 7.91. The molecule has 0 aliphatic heterocycles. The minimum Gasteiger partial charge on any atom is -0.481 e. The van der Waals surface area contributed by atoms with E-state index in [9.17, 15) is 19.2 Å². The molecule has 0 heterocycles. The van der Waals surface area contributed by atoms with Crippen molar-refractivity contribution >= 4 is 23.8 Å². The van der Waals surface area contributed by atoms with Gasteiger partial charge in [-0.2, -0.15) is 0 Å². The summed E-state index contributed by atoms with van der Waals surface area (Å²) in [6.07, 6.45) is -0.584. The van der Waals surface area contributed by atoms with E-state index >= 15 is 0 Å². The van der Waals surface area contributed by atoms with Gasteiger partial charge in [0.2, 0.25) is 11.8 Å². The molecule has 0 aliphatic rings. The Morgan fingerprint density at radius 3 is 2.12 bits per heavy atom. The molecule has 17 heavy (non-hydrogen) atoms. The molecule has 0 saturated carbocycles. The number of carbonyl (C=O) groups excluding carboxylic acids is 3. The second-order valence-corrected chi connectivity index (χ2v) is 3.18. The van der Waals surface area contributed by atoms with E-state index < -0.39 is 17.9 Å². The van der Waals surface area contributed by atoms with E-state index in [1.807, 2.05) is 5.32 Å². The monoisotopic (exact) mass is 245 g/mol. The molecule has 4 N–H and O–H groups in total. The Kier molecular flexibility index (Phi) is 7.07. The van der Waals surface area contributed by atoms with Gasteiger partial charge in [-0.25, -0.2) is 4.79 Å². The number of carboxylic acids is 1. The van der Waals surface area contributed by atoms with Gasteiger partial charge in [-0.1, -0.05) is 0 Å². The fourth-order valence-electron chi connectivity index (χ4n) is 0.868. The van der Waals surface area contributed by atoms with Gasteiger partial charge < -0.3 is 15.7 Å². The van der Waals surface area contributed by atoms with Gasteiger partial charge in [-0.3, -0.25) is 19.7 Å². The summed E-state index contributed by atoms with van der Waals surface area (Å²) in [4.78, 5) is 42.6. The zero-order valence-corrected chi connectivity index (χ0v) is 9.41. The van der Waals surface area contributed by atoms with Crippen LogP contribution in [0.4, 0.5) is 4.79 Å². The second-order valence-electron chi connectivity index (χ2n) is 3.18. The molecule has 0 unspecified atom stereocenters. The van der Waals surface area contributed by atoms with Gasteiger partial charge in [0, 0.05) is 26.4 Å². The molecule has 0 aromatic rings. The van der Waals surface area contributed by atoms with Crippen LogP contribution in [0.25, 0.3) is 0 Å². The molecule has 0 aromatic heterocycles. The van der Waals surface area contributed by atoms with Crippen molar-refractivity contribution in [2.45, 2.75) is 19.8 Å². The molecule has 4 amide bonds. The topological polar surface area (TPSA) is 125 Å². The molecule has 0 atom stereocenters. The fourth-order valence-corrected chi connectivity index (χ4v) is 0.868. The van der Waals surface area contributed by atoms with Gasteiger partial charge in [0.25, 0.3) is 0 Å². The van der Waals surface area contributed by atoms with E-state index in [0.29, 0.717) is 0 Å². The Morgan fingerprint density at radius 1 is 1.00 bits per heavy atom. The van der Waals surface area contributed by atoms with Crippen LogP contribution in [-0.4, -0.2) is 42.0 Å². The Balaban J connectivity index is 3.60. The molecule has 8 heteroatoms. The highest BCUT2D eigenvalue weighted by atomic mass is 16.4. The minimum absolute atomic E-state index is 0.178. The lowest BCUT2D eigenvalue weighted by atomic mass is 10.3.